The predicted octanol–water partition coefficient (Wildman–Crippen LogP) is 2.70. The first-order valence-corrected chi connectivity index (χ1v) is 7.73. The molecule has 0 aliphatic carbocycles. The zero-order chi connectivity index (χ0) is 14.7. The smallest absolute Gasteiger partial charge is 0.0599 e. The van der Waals surface area contributed by atoms with E-state index in [9.17, 15) is 5.11 Å². The van der Waals surface area contributed by atoms with Crippen LogP contribution in [0.1, 0.15) is 38.3 Å². The first-order chi connectivity index (χ1) is 9.47. The van der Waals surface area contributed by atoms with E-state index in [0.717, 1.165) is 26.1 Å². The van der Waals surface area contributed by atoms with Crippen LogP contribution in [0.5, 0.6) is 0 Å². The van der Waals surface area contributed by atoms with Gasteiger partial charge in [0.1, 0.15) is 0 Å². The third-order valence-electron chi connectivity index (χ3n) is 4.25. The summed E-state index contributed by atoms with van der Waals surface area (Å²) in [4.78, 5) is 2.39. The lowest BCUT2D eigenvalue weighted by Crippen LogP contribution is -2.42. The van der Waals surface area contributed by atoms with E-state index in [2.05, 4.69) is 56.1 Å². The van der Waals surface area contributed by atoms with Crippen molar-refractivity contribution in [2.24, 2.45) is 5.92 Å². The van der Waals surface area contributed by atoms with E-state index >= 15 is 0 Å². The first-order valence-electron chi connectivity index (χ1n) is 7.73. The molecular formula is C17H28N2O. The lowest BCUT2D eigenvalue weighted by molar-refractivity contribution is 0.0971. The fourth-order valence-electron chi connectivity index (χ4n) is 2.76. The average Bonchev–Trinajstić information content (AvgIpc) is 2.40. The van der Waals surface area contributed by atoms with E-state index in [1.807, 2.05) is 0 Å². The molecule has 1 heterocycles. The van der Waals surface area contributed by atoms with Gasteiger partial charge in [-0.2, -0.15) is 0 Å². The summed E-state index contributed by atoms with van der Waals surface area (Å²) in [6.45, 7) is 11.5. The summed E-state index contributed by atoms with van der Waals surface area (Å²) in [5.74, 6) is 0.353. The number of nitrogens with zero attached hydrogens (tertiary/aromatic N) is 1. The van der Waals surface area contributed by atoms with Crippen LogP contribution in [0.4, 0.5) is 5.69 Å². The highest BCUT2D eigenvalue weighted by atomic mass is 16.3. The quantitative estimate of drug-likeness (QED) is 0.887. The molecule has 1 saturated heterocycles. The van der Waals surface area contributed by atoms with Gasteiger partial charge < -0.3 is 15.3 Å². The van der Waals surface area contributed by atoms with Crippen LogP contribution in [0.25, 0.3) is 0 Å². The van der Waals surface area contributed by atoms with Crippen LogP contribution in [0.3, 0.4) is 0 Å². The van der Waals surface area contributed by atoms with Crippen molar-refractivity contribution >= 4 is 5.69 Å². The largest absolute Gasteiger partial charge is 0.393 e. The molecule has 0 saturated carbocycles. The third kappa shape index (κ3) is 3.74. The lowest BCUT2D eigenvalue weighted by Gasteiger charge is -2.36. The monoisotopic (exact) mass is 276 g/mol. The van der Waals surface area contributed by atoms with Crippen molar-refractivity contribution in [2.45, 2.75) is 52.8 Å². The molecule has 1 aromatic carbocycles. The minimum atomic E-state index is -0.137. The molecule has 2 rings (SSSR count). The normalized spacial score (nSPS) is 23.4. The molecule has 3 nitrogen and oxygen atoms in total. The number of anilines is 1. The molecule has 2 N–H and O–H groups in total. The van der Waals surface area contributed by atoms with Crippen molar-refractivity contribution in [2.75, 3.05) is 18.0 Å². The molecule has 1 aliphatic heterocycles. The molecule has 0 radical (unpaired) electrons. The first kappa shape index (κ1) is 15.3. The number of nitrogens with one attached hydrogen (secondary N) is 1. The van der Waals surface area contributed by atoms with Gasteiger partial charge in [-0.05, 0) is 42.5 Å². The van der Waals surface area contributed by atoms with Gasteiger partial charge in [0.05, 0.1) is 6.10 Å². The molecule has 0 amide bonds. The van der Waals surface area contributed by atoms with Gasteiger partial charge in [0.15, 0.2) is 0 Å². The summed E-state index contributed by atoms with van der Waals surface area (Å²) in [5.41, 5.74) is 4.00. The number of hydrogen-bond acceptors (Lipinski definition) is 3. The zero-order valence-electron chi connectivity index (χ0n) is 13.2. The number of rotatable bonds is 4. The van der Waals surface area contributed by atoms with Crippen molar-refractivity contribution < 1.29 is 5.11 Å². The van der Waals surface area contributed by atoms with Gasteiger partial charge in [-0.1, -0.05) is 26.8 Å². The van der Waals surface area contributed by atoms with Crippen molar-refractivity contribution in [1.29, 1.82) is 0 Å². The van der Waals surface area contributed by atoms with E-state index < -0.39 is 0 Å². The molecule has 0 aromatic heterocycles. The Labute approximate surface area is 123 Å². The molecule has 0 bridgehead atoms. The summed E-state index contributed by atoms with van der Waals surface area (Å²) in [5, 5.41) is 13.3. The number of hydrogen-bond donors (Lipinski definition) is 2. The lowest BCUT2D eigenvalue weighted by atomic mass is 9.96. The van der Waals surface area contributed by atoms with Crippen LogP contribution < -0.4 is 10.2 Å². The maximum absolute atomic E-state index is 9.83. The highest BCUT2D eigenvalue weighted by Crippen LogP contribution is 2.25. The molecule has 0 spiro atoms. The molecule has 3 heteroatoms. The standard InChI is InChI=1S/C17H28N2O/c1-12(2)18-10-15-5-6-16(9-13(15)3)19-8-7-17(20)14(4)11-19/h5-6,9,12,14,17-18,20H,7-8,10-11H2,1-4H3. The maximum Gasteiger partial charge on any atom is 0.0599 e. The molecule has 2 unspecified atom stereocenters. The van der Waals surface area contributed by atoms with Gasteiger partial charge in [0, 0.05) is 31.4 Å². The Balaban J connectivity index is 2.05. The van der Waals surface area contributed by atoms with Crippen molar-refractivity contribution in [1.82, 2.24) is 5.32 Å². The number of aliphatic hydroxyl groups is 1. The van der Waals surface area contributed by atoms with Crippen LogP contribution in [0.2, 0.25) is 0 Å². The third-order valence-corrected chi connectivity index (χ3v) is 4.25. The summed E-state index contributed by atoms with van der Waals surface area (Å²) >= 11 is 0. The van der Waals surface area contributed by atoms with E-state index in [4.69, 9.17) is 0 Å². The van der Waals surface area contributed by atoms with Gasteiger partial charge in [-0.3, -0.25) is 0 Å². The Hall–Kier alpha value is -1.06. The van der Waals surface area contributed by atoms with Crippen LogP contribution in [-0.2, 0) is 6.54 Å². The second kappa shape index (κ2) is 6.59. The fraction of sp³-hybridized carbons (Fsp3) is 0.647. The Kier molecular flexibility index (Phi) is 5.06. The summed E-state index contributed by atoms with van der Waals surface area (Å²) in [6.07, 6.45) is 0.735. The van der Waals surface area contributed by atoms with Crippen LogP contribution in [0, 0.1) is 12.8 Å². The van der Waals surface area contributed by atoms with Crippen LogP contribution in [-0.4, -0.2) is 30.3 Å². The van der Waals surface area contributed by atoms with E-state index in [1.54, 1.807) is 0 Å². The van der Waals surface area contributed by atoms with Crippen molar-refractivity contribution in [3.8, 4) is 0 Å². The van der Waals surface area contributed by atoms with Gasteiger partial charge in [0.25, 0.3) is 0 Å². The van der Waals surface area contributed by atoms with E-state index in [0.29, 0.717) is 12.0 Å². The van der Waals surface area contributed by atoms with Crippen LogP contribution in [0.15, 0.2) is 18.2 Å². The van der Waals surface area contributed by atoms with E-state index in [1.165, 1.54) is 16.8 Å². The fourth-order valence-corrected chi connectivity index (χ4v) is 2.76. The van der Waals surface area contributed by atoms with Gasteiger partial charge in [-0.25, -0.2) is 0 Å². The van der Waals surface area contributed by atoms with Gasteiger partial charge in [-0.15, -0.1) is 0 Å². The Bertz CT molecular complexity index is 445. The summed E-state index contributed by atoms with van der Waals surface area (Å²) in [7, 11) is 0. The molecule has 1 fully saturated rings. The maximum atomic E-state index is 9.83. The Morgan fingerprint density at radius 2 is 2.15 bits per heavy atom. The van der Waals surface area contributed by atoms with Crippen LogP contribution >= 0.6 is 0 Å². The number of benzene rings is 1. The molecule has 20 heavy (non-hydrogen) atoms. The Morgan fingerprint density at radius 3 is 2.75 bits per heavy atom. The SMILES string of the molecule is Cc1cc(N2CCC(O)C(C)C2)ccc1CNC(C)C. The predicted molar refractivity (Wildman–Crippen MR) is 85.2 cm³/mol. The second-order valence-electron chi connectivity index (χ2n) is 6.43. The topological polar surface area (TPSA) is 35.5 Å². The Morgan fingerprint density at radius 1 is 1.40 bits per heavy atom. The summed E-state index contributed by atoms with van der Waals surface area (Å²) in [6, 6.07) is 7.24. The molecule has 112 valence electrons. The van der Waals surface area contributed by atoms with Crippen molar-refractivity contribution in [3.63, 3.8) is 0 Å². The van der Waals surface area contributed by atoms with E-state index in [-0.39, 0.29) is 6.10 Å². The number of piperidine rings is 1. The number of aryl methyl sites for hydroxylation is 1. The minimum absolute atomic E-state index is 0.137. The van der Waals surface area contributed by atoms with Crippen molar-refractivity contribution in [3.05, 3.63) is 29.3 Å². The highest BCUT2D eigenvalue weighted by Gasteiger charge is 2.24. The van der Waals surface area contributed by atoms with Gasteiger partial charge >= 0.3 is 0 Å². The number of aliphatic hydroxyl groups excluding tert-OH is 1. The zero-order valence-corrected chi connectivity index (χ0v) is 13.2. The molecular weight excluding hydrogens is 248 g/mol. The molecule has 1 aliphatic rings. The minimum Gasteiger partial charge on any atom is -0.393 e. The molecule has 2 atom stereocenters. The average molecular weight is 276 g/mol. The highest BCUT2D eigenvalue weighted by molar-refractivity contribution is 5.51. The van der Waals surface area contributed by atoms with Gasteiger partial charge in [0.2, 0.25) is 0 Å². The summed E-state index contributed by atoms with van der Waals surface area (Å²) < 4.78 is 0. The molecule has 1 aromatic rings. The second-order valence-corrected chi connectivity index (χ2v) is 6.43.